The quantitative estimate of drug-likeness (QED) is 0.137. The monoisotopic (exact) mass is 969 g/mol. The average molecular weight is 970 g/mol. The van der Waals surface area contributed by atoms with Gasteiger partial charge >= 0.3 is 0 Å². The van der Waals surface area contributed by atoms with Gasteiger partial charge in [0.1, 0.15) is 0 Å². The molecule has 0 aliphatic heterocycles. The molecule has 0 fully saturated rings. The first-order chi connectivity index (χ1) is 37.6. The summed E-state index contributed by atoms with van der Waals surface area (Å²) in [5, 5.41) is 7.07. The fourth-order valence-electron chi connectivity index (χ4n) is 10.7. The van der Waals surface area contributed by atoms with E-state index in [4.69, 9.17) is 15.0 Å². The van der Waals surface area contributed by atoms with Crippen molar-refractivity contribution in [1.82, 2.24) is 19.5 Å². The van der Waals surface area contributed by atoms with Crippen molar-refractivity contribution < 1.29 is 0 Å². The van der Waals surface area contributed by atoms with E-state index >= 15 is 0 Å². The highest BCUT2D eigenvalue weighted by Gasteiger charge is 2.22. The predicted molar refractivity (Wildman–Crippen MR) is 316 cm³/mol. The minimum absolute atomic E-state index is 0.531. The van der Waals surface area contributed by atoms with Gasteiger partial charge in [0.2, 0.25) is 5.95 Å². The van der Waals surface area contributed by atoms with Gasteiger partial charge in [-0.1, -0.05) is 231 Å². The van der Waals surface area contributed by atoms with Gasteiger partial charge in [-0.2, -0.15) is 9.97 Å². The third kappa shape index (κ3) is 8.32. The van der Waals surface area contributed by atoms with Gasteiger partial charge in [0.25, 0.3) is 0 Å². The lowest BCUT2D eigenvalue weighted by Gasteiger charge is -2.26. The topological polar surface area (TPSA) is 46.8 Å². The van der Waals surface area contributed by atoms with Crippen molar-refractivity contribution in [2.24, 2.45) is 0 Å². The number of fused-ring (bicyclic) bond motifs is 5. The number of rotatable bonds is 10. The standard InChI is InChI=1S/C71H47N5/c1-4-14-48(15-5-1)52-32-37-62(38-33-52)75(63-39-34-54(35-40-63)60-31-27-51-19-11-13-23-58(51)45-60)64-41-43-66-65-42-36-61(49-16-6-2-7-17-49)46-67(65)76(68(66)47-64)71-73-69(55-20-8-3-9-21-55)72-70(74-71)56-28-24-53(25-29-56)59-30-26-50-18-10-12-22-57(50)44-59/h1-47H. The second-order valence-electron chi connectivity index (χ2n) is 19.3. The predicted octanol–water partition coefficient (Wildman–Crippen LogP) is 18.7. The Hall–Kier alpha value is -10.2. The number of anilines is 3. The molecule has 0 aliphatic carbocycles. The van der Waals surface area contributed by atoms with Gasteiger partial charge < -0.3 is 4.90 Å². The Kier molecular flexibility index (Phi) is 11.1. The van der Waals surface area contributed by atoms with Crippen molar-refractivity contribution in [3.05, 3.63) is 285 Å². The SMILES string of the molecule is c1ccc(-c2ccc(N(c3ccc(-c4ccc5ccccc5c4)cc3)c3ccc4c5ccc(-c6ccccc6)cc5n(-c5nc(-c6ccccc6)nc(-c6ccc(-c7ccc8ccccc8c7)cc6)n5)c4c3)cc2)cc1. The van der Waals surface area contributed by atoms with E-state index in [0.29, 0.717) is 17.6 Å². The van der Waals surface area contributed by atoms with Gasteiger partial charge in [-0.3, -0.25) is 4.57 Å². The third-order valence-electron chi connectivity index (χ3n) is 14.6. The summed E-state index contributed by atoms with van der Waals surface area (Å²) in [6.45, 7) is 0. The Morgan fingerprint density at radius 1 is 0.237 bits per heavy atom. The largest absolute Gasteiger partial charge is 0.310 e. The third-order valence-corrected chi connectivity index (χ3v) is 14.6. The molecule has 356 valence electrons. The minimum Gasteiger partial charge on any atom is -0.310 e. The summed E-state index contributed by atoms with van der Waals surface area (Å²) in [4.78, 5) is 18.4. The van der Waals surface area contributed by atoms with E-state index in [9.17, 15) is 0 Å². The molecule has 14 aromatic rings. The number of benzene rings is 12. The number of nitrogens with zero attached hydrogens (tertiary/aromatic N) is 5. The molecular formula is C71H47N5. The van der Waals surface area contributed by atoms with Crippen LogP contribution in [0.4, 0.5) is 17.1 Å². The van der Waals surface area contributed by atoms with Crippen LogP contribution in [0, 0.1) is 0 Å². The lowest BCUT2D eigenvalue weighted by atomic mass is 10.0. The highest BCUT2D eigenvalue weighted by atomic mass is 15.2. The summed E-state index contributed by atoms with van der Waals surface area (Å²) in [7, 11) is 0. The zero-order chi connectivity index (χ0) is 50.4. The maximum Gasteiger partial charge on any atom is 0.238 e. The molecule has 0 aliphatic rings. The fourth-order valence-corrected chi connectivity index (χ4v) is 10.7. The van der Waals surface area contributed by atoms with Gasteiger partial charge in [-0.25, -0.2) is 4.98 Å². The zero-order valence-electron chi connectivity index (χ0n) is 41.4. The summed E-state index contributed by atoms with van der Waals surface area (Å²) in [6, 6.07) is 102. The molecule has 0 unspecified atom stereocenters. The van der Waals surface area contributed by atoms with Crippen molar-refractivity contribution in [3.8, 4) is 73.2 Å². The maximum atomic E-state index is 5.43. The molecule has 76 heavy (non-hydrogen) atoms. The molecule has 14 rings (SSSR count). The van der Waals surface area contributed by atoms with Crippen molar-refractivity contribution in [2.45, 2.75) is 0 Å². The smallest absolute Gasteiger partial charge is 0.238 e. The molecule has 0 amide bonds. The average Bonchev–Trinajstić information content (AvgIpc) is 3.84. The number of hydrogen-bond acceptors (Lipinski definition) is 4. The van der Waals surface area contributed by atoms with Crippen molar-refractivity contribution >= 4 is 60.4 Å². The summed E-state index contributed by atoms with van der Waals surface area (Å²) in [6.07, 6.45) is 0. The zero-order valence-corrected chi connectivity index (χ0v) is 41.4. The van der Waals surface area contributed by atoms with Gasteiger partial charge in [0.05, 0.1) is 11.0 Å². The molecule has 0 spiro atoms. The second kappa shape index (κ2) is 19.0. The molecule has 0 N–H and O–H groups in total. The van der Waals surface area contributed by atoms with E-state index < -0.39 is 0 Å². The van der Waals surface area contributed by atoms with Crippen LogP contribution in [-0.4, -0.2) is 19.5 Å². The highest BCUT2D eigenvalue weighted by molar-refractivity contribution is 6.11. The molecule has 5 heteroatoms. The molecule has 0 atom stereocenters. The van der Waals surface area contributed by atoms with E-state index in [0.717, 1.165) is 83.4 Å². The molecular weight excluding hydrogens is 923 g/mol. The minimum atomic E-state index is 0.531. The van der Waals surface area contributed by atoms with E-state index in [1.54, 1.807) is 0 Å². The summed E-state index contributed by atoms with van der Waals surface area (Å²) < 4.78 is 2.24. The van der Waals surface area contributed by atoms with E-state index in [-0.39, 0.29) is 0 Å². The van der Waals surface area contributed by atoms with Gasteiger partial charge in [-0.05, 0) is 121 Å². The van der Waals surface area contributed by atoms with E-state index in [1.807, 2.05) is 18.2 Å². The second-order valence-corrected chi connectivity index (χ2v) is 19.3. The summed E-state index contributed by atoms with van der Waals surface area (Å²) in [5.41, 5.74) is 16.0. The van der Waals surface area contributed by atoms with Gasteiger partial charge in [0.15, 0.2) is 11.6 Å². The van der Waals surface area contributed by atoms with Crippen LogP contribution in [0.15, 0.2) is 285 Å². The lowest BCUT2D eigenvalue weighted by molar-refractivity contribution is 0.953. The Balaban J connectivity index is 0.953. The molecule has 5 nitrogen and oxygen atoms in total. The molecule has 0 radical (unpaired) electrons. The van der Waals surface area contributed by atoms with Crippen LogP contribution in [0.1, 0.15) is 0 Å². The summed E-state index contributed by atoms with van der Waals surface area (Å²) >= 11 is 0. The Morgan fingerprint density at radius 3 is 1.12 bits per heavy atom. The van der Waals surface area contributed by atoms with Gasteiger partial charge in [-0.15, -0.1) is 0 Å². The Labute approximate surface area is 441 Å². The van der Waals surface area contributed by atoms with Crippen LogP contribution >= 0.6 is 0 Å². The Bertz CT molecular complexity index is 4420. The maximum absolute atomic E-state index is 5.43. The first-order valence-corrected chi connectivity index (χ1v) is 25.7. The van der Waals surface area contributed by atoms with Crippen molar-refractivity contribution in [3.63, 3.8) is 0 Å². The first kappa shape index (κ1) is 44.5. The molecule has 0 saturated heterocycles. The van der Waals surface area contributed by atoms with Crippen LogP contribution in [0.2, 0.25) is 0 Å². The summed E-state index contributed by atoms with van der Waals surface area (Å²) in [5.74, 6) is 1.71. The fraction of sp³-hybridized carbons (Fsp3) is 0. The number of aromatic nitrogens is 4. The molecule has 12 aromatic carbocycles. The van der Waals surface area contributed by atoms with Crippen LogP contribution in [-0.2, 0) is 0 Å². The van der Waals surface area contributed by atoms with Crippen LogP contribution < -0.4 is 4.90 Å². The van der Waals surface area contributed by atoms with Crippen LogP contribution in [0.3, 0.4) is 0 Å². The van der Waals surface area contributed by atoms with Crippen molar-refractivity contribution in [2.75, 3.05) is 4.90 Å². The Morgan fingerprint density at radius 2 is 0.579 bits per heavy atom. The number of hydrogen-bond donors (Lipinski definition) is 0. The molecule has 2 aromatic heterocycles. The van der Waals surface area contributed by atoms with Crippen LogP contribution in [0.5, 0.6) is 0 Å². The molecule has 2 heterocycles. The normalized spacial score (nSPS) is 11.4. The van der Waals surface area contributed by atoms with E-state index in [2.05, 4.69) is 276 Å². The molecule has 0 bridgehead atoms. The van der Waals surface area contributed by atoms with Crippen molar-refractivity contribution in [1.29, 1.82) is 0 Å². The first-order valence-electron chi connectivity index (χ1n) is 25.7. The highest BCUT2D eigenvalue weighted by Crippen LogP contribution is 2.42. The van der Waals surface area contributed by atoms with Gasteiger partial charge in [0, 0.05) is 39.0 Å². The lowest BCUT2D eigenvalue weighted by Crippen LogP contribution is -2.10. The van der Waals surface area contributed by atoms with Crippen LogP contribution in [0.25, 0.3) is 117 Å². The molecule has 0 saturated carbocycles. The van der Waals surface area contributed by atoms with E-state index in [1.165, 1.54) is 32.7 Å².